The maximum absolute atomic E-state index is 12.2. The summed E-state index contributed by atoms with van der Waals surface area (Å²) in [5.41, 5.74) is 3.99. The molecule has 0 fully saturated rings. The highest BCUT2D eigenvalue weighted by atomic mass is 16.6. The highest BCUT2D eigenvalue weighted by molar-refractivity contribution is 5.98. The van der Waals surface area contributed by atoms with Gasteiger partial charge in [-0.25, -0.2) is 0 Å². The summed E-state index contributed by atoms with van der Waals surface area (Å²) in [7, 11) is 0. The maximum Gasteiger partial charge on any atom is 0.220 e. The molecule has 0 spiro atoms. The molecule has 0 aliphatic carbocycles. The lowest BCUT2D eigenvalue weighted by Crippen LogP contribution is -2.26. The van der Waals surface area contributed by atoms with E-state index in [2.05, 4.69) is 5.32 Å². The number of ether oxygens (including phenoxy) is 2. The van der Waals surface area contributed by atoms with Crippen LogP contribution in [0.15, 0.2) is 36.4 Å². The molecule has 0 saturated heterocycles. The molecule has 5 heteroatoms. The summed E-state index contributed by atoms with van der Waals surface area (Å²) in [5, 5.41) is 2.88. The Balaban J connectivity index is 1.42. The normalized spacial score (nSPS) is 12.5. The van der Waals surface area contributed by atoms with Gasteiger partial charge >= 0.3 is 0 Å². The Labute approximate surface area is 159 Å². The molecule has 0 aromatic heterocycles. The Morgan fingerprint density at radius 2 is 1.70 bits per heavy atom. The van der Waals surface area contributed by atoms with Crippen LogP contribution in [0.1, 0.15) is 39.9 Å². The van der Waals surface area contributed by atoms with Crippen LogP contribution in [0.5, 0.6) is 11.5 Å². The number of ketones is 1. The van der Waals surface area contributed by atoms with Gasteiger partial charge in [-0.3, -0.25) is 9.59 Å². The zero-order valence-corrected chi connectivity index (χ0v) is 15.8. The van der Waals surface area contributed by atoms with Crippen LogP contribution in [-0.4, -0.2) is 31.4 Å². The van der Waals surface area contributed by atoms with Gasteiger partial charge in [-0.1, -0.05) is 18.2 Å². The molecule has 1 amide bonds. The van der Waals surface area contributed by atoms with Crippen molar-refractivity contribution in [3.8, 4) is 11.5 Å². The number of amides is 1. The predicted octanol–water partition coefficient (Wildman–Crippen LogP) is 3.40. The van der Waals surface area contributed by atoms with Crippen molar-refractivity contribution in [2.75, 3.05) is 19.8 Å². The number of rotatable bonds is 7. The molecule has 5 nitrogen and oxygen atoms in total. The van der Waals surface area contributed by atoms with Crippen LogP contribution in [0.4, 0.5) is 0 Å². The van der Waals surface area contributed by atoms with Crippen molar-refractivity contribution in [3.63, 3.8) is 0 Å². The number of hydrogen-bond donors (Lipinski definition) is 1. The van der Waals surface area contributed by atoms with Crippen molar-refractivity contribution in [2.24, 2.45) is 0 Å². The molecular formula is C22H25NO4. The lowest BCUT2D eigenvalue weighted by Gasteiger charge is -2.18. The van der Waals surface area contributed by atoms with Crippen molar-refractivity contribution in [1.29, 1.82) is 0 Å². The number of carbonyl (C=O) groups is 2. The quantitative estimate of drug-likeness (QED) is 0.762. The largest absolute Gasteiger partial charge is 0.486 e. The fraction of sp³-hybridized carbons (Fsp3) is 0.364. The van der Waals surface area contributed by atoms with Gasteiger partial charge in [-0.2, -0.15) is 0 Å². The molecule has 1 aliphatic rings. The highest BCUT2D eigenvalue weighted by Gasteiger charge is 2.12. The first kappa shape index (κ1) is 19.0. The van der Waals surface area contributed by atoms with E-state index in [1.807, 2.05) is 50.2 Å². The Kier molecular flexibility index (Phi) is 6.12. The number of aryl methyl sites for hydroxylation is 2. The van der Waals surface area contributed by atoms with Gasteiger partial charge in [0.25, 0.3) is 0 Å². The summed E-state index contributed by atoms with van der Waals surface area (Å²) in [6.45, 7) is 5.65. The average molecular weight is 367 g/mol. The van der Waals surface area contributed by atoms with Gasteiger partial charge < -0.3 is 14.8 Å². The lowest BCUT2D eigenvalue weighted by molar-refractivity contribution is -0.121. The second-order valence-electron chi connectivity index (χ2n) is 6.80. The minimum absolute atomic E-state index is 0.0000797. The second kappa shape index (κ2) is 8.71. The Morgan fingerprint density at radius 3 is 2.48 bits per heavy atom. The molecule has 1 aliphatic heterocycles. The van der Waals surface area contributed by atoms with Gasteiger partial charge in [0.2, 0.25) is 5.91 Å². The molecule has 0 radical (unpaired) electrons. The summed E-state index contributed by atoms with van der Waals surface area (Å²) < 4.78 is 11.1. The highest BCUT2D eigenvalue weighted by Crippen LogP contribution is 2.30. The number of benzene rings is 2. The summed E-state index contributed by atoms with van der Waals surface area (Å²) in [4.78, 5) is 24.3. The van der Waals surface area contributed by atoms with Crippen molar-refractivity contribution in [2.45, 2.75) is 33.1 Å². The van der Waals surface area contributed by atoms with E-state index in [0.717, 1.165) is 28.2 Å². The molecule has 2 aromatic carbocycles. The molecular weight excluding hydrogens is 342 g/mol. The van der Waals surface area contributed by atoms with Crippen LogP contribution < -0.4 is 14.8 Å². The first-order valence-electron chi connectivity index (χ1n) is 9.28. The summed E-state index contributed by atoms with van der Waals surface area (Å²) in [6.07, 6.45) is 1.12. The summed E-state index contributed by atoms with van der Waals surface area (Å²) in [6, 6.07) is 11.5. The number of carbonyl (C=O) groups excluding carboxylic acids is 2. The third-order valence-corrected chi connectivity index (χ3v) is 4.75. The van der Waals surface area contributed by atoms with Crippen LogP contribution in [-0.2, 0) is 11.2 Å². The molecule has 0 bridgehead atoms. The lowest BCUT2D eigenvalue weighted by atomic mass is 10.0. The predicted molar refractivity (Wildman–Crippen MR) is 104 cm³/mol. The van der Waals surface area contributed by atoms with Gasteiger partial charge in [-0.05, 0) is 55.2 Å². The van der Waals surface area contributed by atoms with E-state index in [9.17, 15) is 9.59 Å². The third-order valence-electron chi connectivity index (χ3n) is 4.75. The molecule has 2 aromatic rings. The van der Waals surface area contributed by atoms with Gasteiger partial charge in [0.05, 0.1) is 0 Å². The molecule has 0 unspecified atom stereocenters. The van der Waals surface area contributed by atoms with E-state index in [-0.39, 0.29) is 24.5 Å². The Morgan fingerprint density at radius 1 is 0.926 bits per heavy atom. The van der Waals surface area contributed by atoms with Gasteiger partial charge in [0, 0.05) is 24.9 Å². The van der Waals surface area contributed by atoms with E-state index in [1.165, 1.54) is 0 Å². The third kappa shape index (κ3) is 5.09. The van der Waals surface area contributed by atoms with Crippen molar-refractivity contribution in [3.05, 3.63) is 58.7 Å². The average Bonchev–Trinajstić information content (AvgIpc) is 2.68. The molecule has 0 saturated carbocycles. The second-order valence-corrected chi connectivity index (χ2v) is 6.80. The van der Waals surface area contributed by atoms with Crippen molar-refractivity contribution >= 4 is 11.7 Å². The molecule has 142 valence electrons. The van der Waals surface area contributed by atoms with Crippen LogP contribution in [0.3, 0.4) is 0 Å². The van der Waals surface area contributed by atoms with E-state index in [0.29, 0.717) is 31.7 Å². The smallest absolute Gasteiger partial charge is 0.220 e. The van der Waals surface area contributed by atoms with E-state index in [4.69, 9.17) is 9.47 Å². The van der Waals surface area contributed by atoms with E-state index in [1.54, 1.807) is 0 Å². The number of nitrogens with one attached hydrogen (secondary N) is 1. The first-order valence-corrected chi connectivity index (χ1v) is 9.28. The van der Waals surface area contributed by atoms with Crippen LogP contribution in [0.2, 0.25) is 0 Å². The number of fused-ring (bicyclic) bond motifs is 1. The molecule has 3 rings (SSSR count). The van der Waals surface area contributed by atoms with Crippen molar-refractivity contribution < 1.29 is 19.1 Å². The zero-order valence-electron chi connectivity index (χ0n) is 15.8. The van der Waals surface area contributed by atoms with Gasteiger partial charge in [-0.15, -0.1) is 0 Å². The topological polar surface area (TPSA) is 64.6 Å². The zero-order chi connectivity index (χ0) is 19.2. The minimum Gasteiger partial charge on any atom is -0.486 e. The SMILES string of the molecule is Cc1ccc(C(=O)CCC(=O)NCCc2ccc3c(c2)OCCO3)cc1C. The van der Waals surface area contributed by atoms with Gasteiger partial charge in [0.15, 0.2) is 17.3 Å². The fourth-order valence-corrected chi connectivity index (χ4v) is 2.96. The Bertz CT molecular complexity index is 844. The van der Waals surface area contributed by atoms with E-state index >= 15 is 0 Å². The molecule has 1 N–H and O–H groups in total. The monoisotopic (exact) mass is 367 g/mol. The number of Topliss-reactive ketones (excluding diaryl/α,β-unsaturated/α-hetero) is 1. The molecule has 0 atom stereocenters. The first-order chi connectivity index (χ1) is 13.0. The van der Waals surface area contributed by atoms with Crippen LogP contribution >= 0.6 is 0 Å². The Hall–Kier alpha value is -2.82. The van der Waals surface area contributed by atoms with Crippen LogP contribution in [0.25, 0.3) is 0 Å². The standard InChI is InChI=1S/C22H25NO4/c1-15-3-5-18(13-16(15)2)19(24)6-8-22(25)23-10-9-17-4-7-20-21(14-17)27-12-11-26-20/h3-5,7,13-14H,6,8-12H2,1-2H3,(H,23,25). The number of hydrogen-bond acceptors (Lipinski definition) is 4. The van der Waals surface area contributed by atoms with E-state index < -0.39 is 0 Å². The van der Waals surface area contributed by atoms with Gasteiger partial charge in [0.1, 0.15) is 13.2 Å². The fourth-order valence-electron chi connectivity index (χ4n) is 2.96. The molecule has 1 heterocycles. The van der Waals surface area contributed by atoms with Crippen LogP contribution in [0, 0.1) is 13.8 Å². The van der Waals surface area contributed by atoms with Crippen molar-refractivity contribution in [1.82, 2.24) is 5.32 Å². The summed E-state index contributed by atoms with van der Waals surface area (Å²) >= 11 is 0. The minimum atomic E-state index is -0.107. The maximum atomic E-state index is 12.2. The summed E-state index contributed by atoms with van der Waals surface area (Å²) in [5.74, 6) is 1.41. The molecule has 27 heavy (non-hydrogen) atoms.